The van der Waals surface area contributed by atoms with E-state index in [4.69, 9.17) is 11.6 Å². The van der Waals surface area contributed by atoms with Crippen LogP contribution < -0.4 is 0 Å². The molecule has 2 aromatic rings. The fourth-order valence-corrected chi connectivity index (χ4v) is 2.06. The third-order valence-corrected chi connectivity index (χ3v) is 3.30. The number of nitrogens with zero attached hydrogens (tertiary/aromatic N) is 3. The first-order valence-electron chi connectivity index (χ1n) is 4.44. The van der Waals surface area contributed by atoms with Crippen molar-refractivity contribution in [1.29, 1.82) is 0 Å². The summed E-state index contributed by atoms with van der Waals surface area (Å²) in [6, 6.07) is 5.21. The predicted octanol–water partition coefficient (Wildman–Crippen LogP) is 2.30. The highest BCUT2D eigenvalue weighted by molar-refractivity contribution is 14.1. The van der Waals surface area contributed by atoms with Crippen molar-refractivity contribution in [3.05, 3.63) is 44.2 Å². The standard InChI is InChI=1S/C10H7ClIN3O/c1-15-9(5-13-14-15)10(16)7-4-6(11)2-3-8(7)12/h2-5H,1H3. The van der Waals surface area contributed by atoms with E-state index in [0.29, 0.717) is 16.3 Å². The van der Waals surface area contributed by atoms with Gasteiger partial charge in [-0.2, -0.15) is 0 Å². The summed E-state index contributed by atoms with van der Waals surface area (Å²) in [5.74, 6) is -0.126. The second kappa shape index (κ2) is 4.50. The summed E-state index contributed by atoms with van der Waals surface area (Å²) >= 11 is 7.97. The third kappa shape index (κ3) is 2.10. The van der Waals surface area contributed by atoms with Gasteiger partial charge in [0.05, 0.1) is 6.20 Å². The summed E-state index contributed by atoms with van der Waals surface area (Å²) in [6.45, 7) is 0. The molecule has 0 aliphatic heterocycles. The van der Waals surface area contributed by atoms with Crippen molar-refractivity contribution in [3.8, 4) is 0 Å². The molecule has 6 heteroatoms. The van der Waals surface area contributed by atoms with Crippen molar-refractivity contribution < 1.29 is 4.79 Å². The second-order valence-corrected chi connectivity index (χ2v) is 4.79. The molecule has 0 aliphatic rings. The molecule has 1 aromatic heterocycles. The molecular weight excluding hydrogens is 340 g/mol. The smallest absolute Gasteiger partial charge is 0.213 e. The average Bonchev–Trinajstić information content (AvgIpc) is 2.67. The van der Waals surface area contributed by atoms with E-state index in [1.165, 1.54) is 10.9 Å². The number of aryl methyl sites for hydroxylation is 1. The number of benzene rings is 1. The molecule has 82 valence electrons. The van der Waals surface area contributed by atoms with E-state index in [1.807, 2.05) is 0 Å². The number of carbonyl (C=O) groups excluding carboxylic acids is 1. The minimum Gasteiger partial charge on any atom is -0.287 e. The number of aromatic nitrogens is 3. The Hall–Kier alpha value is -0.950. The molecule has 0 aliphatic carbocycles. The monoisotopic (exact) mass is 347 g/mol. The van der Waals surface area contributed by atoms with Gasteiger partial charge in [-0.3, -0.25) is 4.79 Å². The molecule has 16 heavy (non-hydrogen) atoms. The molecule has 2 rings (SSSR count). The van der Waals surface area contributed by atoms with Gasteiger partial charge in [-0.15, -0.1) is 5.10 Å². The predicted molar refractivity (Wildman–Crippen MR) is 68.6 cm³/mol. The number of hydrogen-bond acceptors (Lipinski definition) is 3. The van der Waals surface area contributed by atoms with Gasteiger partial charge >= 0.3 is 0 Å². The number of hydrogen-bond donors (Lipinski definition) is 0. The SMILES string of the molecule is Cn1nncc1C(=O)c1cc(Cl)ccc1I. The van der Waals surface area contributed by atoms with Gasteiger partial charge in [0.2, 0.25) is 5.78 Å². The van der Waals surface area contributed by atoms with E-state index in [2.05, 4.69) is 32.9 Å². The maximum Gasteiger partial charge on any atom is 0.213 e. The van der Waals surface area contributed by atoms with Gasteiger partial charge < -0.3 is 0 Å². The fourth-order valence-electron chi connectivity index (χ4n) is 1.30. The minimum atomic E-state index is -0.126. The largest absolute Gasteiger partial charge is 0.287 e. The van der Waals surface area contributed by atoms with Crippen molar-refractivity contribution in [2.75, 3.05) is 0 Å². The minimum absolute atomic E-state index is 0.126. The van der Waals surface area contributed by atoms with E-state index < -0.39 is 0 Å². The Labute approximate surface area is 111 Å². The molecule has 0 unspecified atom stereocenters. The summed E-state index contributed by atoms with van der Waals surface area (Å²) in [7, 11) is 1.68. The zero-order valence-corrected chi connectivity index (χ0v) is 11.2. The highest BCUT2D eigenvalue weighted by atomic mass is 127. The van der Waals surface area contributed by atoms with E-state index in [9.17, 15) is 4.79 Å². The summed E-state index contributed by atoms with van der Waals surface area (Å²) < 4.78 is 2.30. The molecule has 0 amide bonds. The van der Waals surface area contributed by atoms with Crippen LogP contribution in [0.1, 0.15) is 16.1 Å². The van der Waals surface area contributed by atoms with Crippen molar-refractivity contribution in [2.24, 2.45) is 7.05 Å². The first kappa shape index (κ1) is 11.5. The molecule has 0 saturated heterocycles. The first-order valence-corrected chi connectivity index (χ1v) is 5.89. The van der Waals surface area contributed by atoms with Gasteiger partial charge in [-0.1, -0.05) is 16.8 Å². The van der Waals surface area contributed by atoms with E-state index in [-0.39, 0.29) is 5.78 Å². The molecule has 0 N–H and O–H groups in total. The Bertz CT molecular complexity index is 553. The second-order valence-electron chi connectivity index (χ2n) is 3.20. The van der Waals surface area contributed by atoms with Gasteiger partial charge in [0.1, 0.15) is 5.69 Å². The zero-order valence-electron chi connectivity index (χ0n) is 8.32. The van der Waals surface area contributed by atoms with Crippen LogP contribution in [-0.4, -0.2) is 20.8 Å². The van der Waals surface area contributed by atoms with Crippen LogP contribution in [0, 0.1) is 3.57 Å². The van der Waals surface area contributed by atoms with Crippen LogP contribution >= 0.6 is 34.2 Å². The van der Waals surface area contributed by atoms with Gasteiger partial charge in [-0.25, -0.2) is 4.68 Å². The molecule has 0 fully saturated rings. The maximum absolute atomic E-state index is 12.1. The molecular formula is C10H7ClIN3O. The molecule has 0 bridgehead atoms. The van der Waals surface area contributed by atoms with Crippen LogP contribution in [0.4, 0.5) is 0 Å². The quantitative estimate of drug-likeness (QED) is 0.619. The van der Waals surface area contributed by atoms with E-state index in [1.54, 1.807) is 25.2 Å². The molecule has 0 saturated carbocycles. The maximum atomic E-state index is 12.1. The summed E-state index contributed by atoms with van der Waals surface area (Å²) in [5.41, 5.74) is 1.01. The third-order valence-electron chi connectivity index (χ3n) is 2.12. The number of carbonyl (C=O) groups is 1. The van der Waals surface area contributed by atoms with Crippen molar-refractivity contribution in [3.63, 3.8) is 0 Å². The highest BCUT2D eigenvalue weighted by Crippen LogP contribution is 2.20. The lowest BCUT2D eigenvalue weighted by molar-refractivity contribution is 0.102. The normalized spacial score (nSPS) is 10.4. The van der Waals surface area contributed by atoms with Gasteiger partial charge in [-0.05, 0) is 40.8 Å². The van der Waals surface area contributed by atoms with Gasteiger partial charge in [0, 0.05) is 21.2 Å². The summed E-state index contributed by atoms with van der Waals surface area (Å²) in [4.78, 5) is 12.1. The summed E-state index contributed by atoms with van der Waals surface area (Å²) in [6.07, 6.45) is 1.44. The number of ketones is 1. The van der Waals surface area contributed by atoms with Crippen LogP contribution in [0.2, 0.25) is 5.02 Å². The van der Waals surface area contributed by atoms with Crippen molar-refractivity contribution in [1.82, 2.24) is 15.0 Å². The molecule has 0 radical (unpaired) electrons. The fraction of sp³-hybridized carbons (Fsp3) is 0.100. The van der Waals surface area contributed by atoms with Gasteiger partial charge in [0.15, 0.2) is 0 Å². The van der Waals surface area contributed by atoms with E-state index >= 15 is 0 Å². The Morgan fingerprint density at radius 3 is 2.88 bits per heavy atom. The lowest BCUT2D eigenvalue weighted by Crippen LogP contribution is -2.09. The summed E-state index contributed by atoms with van der Waals surface area (Å²) in [5, 5.41) is 7.94. The Morgan fingerprint density at radius 1 is 1.50 bits per heavy atom. The van der Waals surface area contributed by atoms with Crippen LogP contribution in [0.15, 0.2) is 24.4 Å². The van der Waals surface area contributed by atoms with Gasteiger partial charge in [0.25, 0.3) is 0 Å². The van der Waals surface area contributed by atoms with Crippen molar-refractivity contribution >= 4 is 40.0 Å². The van der Waals surface area contributed by atoms with Crippen LogP contribution in [0.25, 0.3) is 0 Å². The molecule has 1 heterocycles. The Morgan fingerprint density at radius 2 is 2.25 bits per heavy atom. The van der Waals surface area contributed by atoms with Crippen molar-refractivity contribution in [2.45, 2.75) is 0 Å². The first-order chi connectivity index (χ1) is 7.59. The van der Waals surface area contributed by atoms with Crippen LogP contribution in [-0.2, 0) is 7.05 Å². The lowest BCUT2D eigenvalue weighted by Gasteiger charge is -2.03. The lowest BCUT2D eigenvalue weighted by atomic mass is 10.1. The van der Waals surface area contributed by atoms with Crippen LogP contribution in [0.3, 0.4) is 0 Å². The van der Waals surface area contributed by atoms with Crippen LogP contribution in [0.5, 0.6) is 0 Å². The molecule has 0 atom stereocenters. The molecule has 0 spiro atoms. The Balaban J connectivity index is 2.49. The van der Waals surface area contributed by atoms with E-state index in [0.717, 1.165) is 3.57 Å². The highest BCUT2D eigenvalue weighted by Gasteiger charge is 2.16. The average molecular weight is 348 g/mol. The molecule has 1 aromatic carbocycles. The number of halogens is 2. The number of rotatable bonds is 2. The zero-order chi connectivity index (χ0) is 11.7. The topological polar surface area (TPSA) is 47.8 Å². The Kier molecular flexibility index (Phi) is 3.25. The molecule has 4 nitrogen and oxygen atoms in total.